The number of aromatic nitrogens is 1. The molecule has 8 N–H and O–H groups in total. The first kappa shape index (κ1) is 22.0. The van der Waals surface area contributed by atoms with Crippen LogP contribution in [0.4, 0.5) is 4.39 Å². The summed E-state index contributed by atoms with van der Waals surface area (Å²) in [5.74, 6) is -0.587. The van der Waals surface area contributed by atoms with E-state index in [1.54, 1.807) is 19.1 Å². The quantitative estimate of drug-likeness (QED) is 0.200. The Balaban J connectivity index is 2.48. The number of rotatable bonds is 8. The van der Waals surface area contributed by atoms with Crippen molar-refractivity contribution in [2.75, 3.05) is 0 Å². The van der Waals surface area contributed by atoms with Crippen LogP contribution in [0.5, 0.6) is 0 Å². The first-order valence-corrected chi connectivity index (χ1v) is 9.65. The molecule has 0 radical (unpaired) electrons. The van der Waals surface area contributed by atoms with Crippen LogP contribution in [-0.4, -0.2) is 16.1 Å². The van der Waals surface area contributed by atoms with E-state index in [9.17, 15) is 4.39 Å². The molecule has 2 rings (SSSR count). The molecule has 0 saturated carbocycles. The maximum atomic E-state index is 14.5. The highest BCUT2D eigenvalue weighted by molar-refractivity contribution is 7.98. The molecule has 0 spiro atoms. The van der Waals surface area contributed by atoms with Crippen LogP contribution in [0.3, 0.4) is 0 Å². The van der Waals surface area contributed by atoms with Crippen molar-refractivity contribution in [1.29, 1.82) is 5.41 Å². The topological polar surface area (TPSA) is 127 Å². The lowest BCUT2D eigenvalue weighted by Crippen LogP contribution is -2.33. The number of pyridine rings is 1. The number of hydrogen-bond donors (Lipinski definition) is 5. The van der Waals surface area contributed by atoms with Gasteiger partial charge >= 0.3 is 0 Å². The third-order valence-corrected chi connectivity index (χ3v) is 4.82. The van der Waals surface area contributed by atoms with Gasteiger partial charge in [-0.15, -0.1) is 0 Å². The van der Waals surface area contributed by atoms with Crippen molar-refractivity contribution < 1.29 is 4.39 Å². The Hall–Kier alpha value is -2.26. The molecule has 6 nitrogen and oxygen atoms in total. The smallest absolute Gasteiger partial charge is 0.217 e. The van der Waals surface area contributed by atoms with Crippen LogP contribution in [-0.2, 0) is 0 Å². The Morgan fingerprint density at radius 2 is 2.04 bits per heavy atom. The van der Waals surface area contributed by atoms with Gasteiger partial charge < -0.3 is 22.6 Å². The lowest BCUT2D eigenvalue weighted by Gasteiger charge is -2.25. The minimum atomic E-state index is -0.587. The van der Waals surface area contributed by atoms with Crippen LogP contribution < -0.4 is 21.9 Å². The average molecular weight is 403 g/mol. The van der Waals surface area contributed by atoms with Gasteiger partial charge in [0.1, 0.15) is 0 Å². The van der Waals surface area contributed by atoms with Gasteiger partial charge in [-0.05, 0) is 50.1 Å². The molecule has 8 heteroatoms. The highest BCUT2D eigenvalue weighted by atomic mass is 32.2. The summed E-state index contributed by atoms with van der Waals surface area (Å²) in [5, 5.41) is 7.20. The third-order valence-electron chi connectivity index (χ3n) is 3.94. The van der Waals surface area contributed by atoms with E-state index >= 15 is 0 Å². The van der Waals surface area contributed by atoms with Gasteiger partial charge in [-0.1, -0.05) is 36.2 Å². The molecule has 0 fully saturated rings. The maximum absolute atomic E-state index is 14.5. The molecule has 2 aromatic rings. The molecule has 1 heterocycles. The fourth-order valence-corrected chi connectivity index (χ4v) is 3.23. The van der Waals surface area contributed by atoms with Crippen LogP contribution in [0.2, 0.25) is 0 Å². The molecule has 0 aliphatic rings. The Kier molecular flexibility index (Phi) is 7.31. The fourth-order valence-electron chi connectivity index (χ4n) is 2.55. The Bertz CT molecular complexity index is 860. The van der Waals surface area contributed by atoms with Gasteiger partial charge in [-0.25, -0.2) is 9.71 Å². The molecule has 0 saturated heterocycles. The maximum Gasteiger partial charge on any atom is 0.217 e. The lowest BCUT2D eigenvalue weighted by molar-refractivity contribution is 0.541. The molecule has 0 aliphatic carbocycles. The van der Waals surface area contributed by atoms with Crippen molar-refractivity contribution in [2.45, 2.75) is 37.7 Å². The molecule has 1 aromatic carbocycles. The van der Waals surface area contributed by atoms with Crippen LogP contribution in [0.25, 0.3) is 5.70 Å². The van der Waals surface area contributed by atoms with Crippen molar-refractivity contribution in [1.82, 2.24) is 9.71 Å². The van der Waals surface area contributed by atoms with Gasteiger partial charge in [0.25, 0.3) is 0 Å². The van der Waals surface area contributed by atoms with Crippen molar-refractivity contribution in [3.63, 3.8) is 0 Å². The molecule has 1 aromatic heterocycles. The zero-order valence-electron chi connectivity index (χ0n) is 16.2. The second-order valence-corrected chi connectivity index (χ2v) is 8.57. The van der Waals surface area contributed by atoms with E-state index in [1.165, 1.54) is 18.0 Å². The summed E-state index contributed by atoms with van der Waals surface area (Å²) in [6.07, 6.45) is 2.64. The van der Waals surface area contributed by atoms with Crippen LogP contribution in [0.1, 0.15) is 55.2 Å². The normalized spacial score (nSPS) is 14.6. The van der Waals surface area contributed by atoms with E-state index in [4.69, 9.17) is 22.6 Å². The van der Waals surface area contributed by atoms with Crippen molar-refractivity contribution in [3.8, 4) is 0 Å². The zero-order chi connectivity index (χ0) is 20.9. The summed E-state index contributed by atoms with van der Waals surface area (Å²) in [6, 6.07) is 10.0. The van der Waals surface area contributed by atoms with Gasteiger partial charge in [-0.2, -0.15) is 4.39 Å². The molecule has 28 heavy (non-hydrogen) atoms. The van der Waals surface area contributed by atoms with E-state index in [1.807, 2.05) is 38.1 Å². The summed E-state index contributed by atoms with van der Waals surface area (Å²) in [4.78, 5) is 3.59. The largest absolute Gasteiger partial charge is 0.398 e. The van der Waals surface area contributed by atoms with Crippen LogP contribution >= 0.6 is 11.9 Å². The number of halogens is 1. The zero-order valence-corrected chi connectivity index (χ0v) is 17.1. The van der Waals surface area contributed by atoms with Crippen LogP contribution in [0, 0.1) is 11.4 Å². The van der Waals surface area contributed by atoms with Gasteiger partial charge in [0, 0.05) is 23.5 Å². The number of hydrogen-bond acceptors (Lipinski definition) is 7. The summed E-state index contributed by atoms with van der Waals surface area (Å²) < 4.78 is 17.7. The minimum Gasteiger partial charge on any atom is -0.398 e. The fraction of sp³-hybridized carbons (Fsp3) is 0.300. The summed E-state index contributed by atoms with van der Waals surface area (Å²) >= 11 is 1.33. The van der Waals surface area contributed by atoms with E-state index < -0.39 is 22.9 Å². The van der Waals surface area contributed by atoms with E-state index in [0.717, 1.165) is 17.3 Å². The average Bonchev–Trinajstić information content (AvgIpc) is 2.61. The van der Waals surface area contributed by atoms with Gasteiger partial charge in [-0.3, -0.25) is 0 Å². The van der Waals surface area contributed by atoms with Crippen molar-refractivity contribution >= 4 is 23.9 Å². The second kappa shape index (κ2) is 9.29. The Morgan fingerprint density at radius 1 is 1.32 bits per heavy atom. The molecule has 150 valence electrons. The molecule has 0 amide bonds. The predicted octanol–water partition coefficient (Wildman–Crippen LogP) is 3.21. The minimum absolute atomic E-state index is 0.362. The molecule has 0 aliphatic heterocycles. The first-order valence-electron chi connectivity index (χ1n) is 8.83. The first-order chi connectivity index (χ1) is 13.1. The monoisotopic (exact) mass is 402 g/mol. The Labute approximate surface area is 169 Å². The SMILES string of the molecule is CC(N)c1ccc(C(NSC(C)(C)N)c2cccc(/C(N)=C/C=N)c2)nc1F. The number of nitrogens with zero attached hydrogens (tertiary/aromatic N) is 1. The summed E-state index contributed by atoms with van der Waals surface area (Å²) in [5.41, 5.74) is 20.8. The van der Waals surface area contributed by atoms with Gasteiger partial charge in [0.05, 0.1) is 16.6 Å². The summed E-state index contributed by atoms with van der Waals surface area (Å²) in [7, 11) is 0. The Morgan fingerprint density at radius 3 is 2.61 bits per heavy atom. The molecular weight excluding hydrogens is 375 g/mol. The van der Waals surface area contributed by atoms with Crippen molar-refractivity contribution in [2.24, 2.45) is 17.2 Å². The molecular formula is C20H27FN6S. The highest BCUT2D eigenvalue weighted by Crippen LogP contribution is 2.28. The van der Waals surface area contributed by atoms with Gasteiger partial charge in [0.2, 0.25) is 5.95 Å². The molecule has 0 bridgehead atoms. The summed E-state index contributed by atoms with van der Waals surface area (Å²) in [6.45, 7) is 5.45. The number of nitrogens with two attached hydrogens (primary N) is 3. The van der Waals surface area contributed by atoms with E-state index in [2.05, 4.69) is 9.71 Å². The lowest BCUT2D eigenvalue weighted by atomic mass is 9.99. The standard InChI is InChI=1S/C20H27FN6S/c1-12(23)15-7-8-17(26-19(15)21)18(27-28-20(2,3)25)14-6-4-5-13(11-14)16(24)9-10-22/h4-12,18,22,27H,23-25H2,1-3H3/b16-9-,22-10?. The number of allylic oxidation sites excluding steroid dienone is 1. The second-order valence-electron chi connectivity index (χ2n) is 7.08. The molecule has 2 atom stereocenters. The van der Waals surface area contributed by atoms with E-state index in [-0.39, 0.29) is 0 Å². The predicted molar refractivity (Wildman–Crippen MR) is 115 cm³/mol. The molecule has 2 unspecified atom stereocenters. The number of nitrogens with one attached hydrogen (secondary N) is 2. The van der Waals surface area contributed by atoms with E-state index in [0.29, 0.717) is 17.0 Å². The van der Waals surface area contributed by atoms with Gasteiger partial charge in [0.15, 0.2) is 0 Å². The third kappa shape index (κ3) is 5.87. The van der Waals surface area contributed by atoms with Crippen molar-refractivity contribution in [3.05, 3.63) is 70.8 Å². The van der Waals surface area contributed by atoms with Crippen LogP contribution in [0.15, 0.2) is 42.5 Å². The number of benzene rings is 1. The highest BCUT2D eigenvalue weighted by Gasteiger charge is 2.22.